The highest BCUT2D eigenvalue weighted by atomic mass is 16.5. The molecule has 0 spiro atoms. The van der Waals surface area contributed by atoms with E-state index in [2.05, 4.69) is 15.1 Å². The predicted octanol–water partition coefficient (Wildman–Crippen LogP) is 3.22. The van der Waals surface area contributed by atoms with Gasteiger partial charge in [-0.25, -0.2) is 4.98 Å². The number of aryl methyl sites for hydroxylation is 1. The van der Waals surface area contributed by atoms with Crippen LogP contribution in [0.1, 0.15) is 47.3 Å². The lowest BCUT2D eigenvalue weighted by Gasteiger charge is -2.18. The van der Waals surface area contributed by atoms with Gasteiger partial charge in [-0.2, -0.15) is 4.98 Å². The SMILES string of the molecule is Cc1ncoc1C(=O)N1CCC(Oc2ccccc2-c2nc(C3CCOCC3)no2)C1. The van der Waals surface area contributed by atoms with Gasteiger partial charge in [0.25, 0.3) is 11.8 Å². The molecule has 1 atom stereocenters. The van der Waals surface area contributed by atoms with E-state index in [1.54, 1.807) is 11.8 Å². The summed E-state index contributed by atoms with van der Waals surface area (Å²) in [6, 6.07) is 7.62. The number of hydrogen-bond acceptors (Lipinski definition) is 8. The summed E-state index contributed by atoms with van der Waals surface area (Å²) < 4.78 is 22.5. The van der Waals surface area contributed by atoms with E-state index in [-0.39, 0.29) is 23.7 Å². The maximum absolute atomic E-state index is 12.7. The summed E-state index contributed by atoms with van der Waals surface area (Å²) >= 11 is 0. The van der Waals surface area contributed by atoms with Gasteiger partial charge in [-0.1, -0.05) is 17.3 Å². The lowest BCUT2D eigenvalue weighted by atomic mass is 10.00. The molecule has 0 aliphatic carbocycles. The Morgan fingerprint density at radius 3 is 2.84 bits per heavy atom. The molecule has 0 saturated carbocycles. The van der Waals surface area contributed by atoms with Crippen molar-refractivity contribution in [1.82, 2.24) is 20.0 Å². The van der Waals surface area contributed by atoms with Crippen LogP contribution in [0.3, 0.4) is 0 Å². The van der Waals surface area contributed by atoms with E-state index in [0.717, 1.165) is 38.0 Å². The van der Waals surface area contributed by atoms with Gasteiger partial charge in [-0.3, -0.25) is 4.79 Å². The van der Waals surface area contributed by atoms with Crippen LogP contribution in [0.2, 0.25) is 0 Å². The van der Waals surface area contributed by atoms with E-state index in [9.17, 15) is 4.79 Å². The zero-order chi connectivity index (χ0) is 21.2. The molecule has 1 amide bonds. The number of hydrogen-bond donors (Lipinski definition) is 0. The van der Waals surface area contributed by atoms with E-state index in [1.807, 2.05) is 24.3 Å². The lowest BCUT2D eigenvalue weighted by molar-refractivity contribution is 0.0740. The van der Waals surface area contributed by atoms with Crippen LogP contribution < -0.4 is 4.74 Å². The number of carbonyl (C=O) groups excluding carboxylic acids is 1. The molecule has 1 aromatic carbocycles. The number of nitrogens with zero attached hydrogens (tertiary/aromatic N) is 4. The Hall–Kier alpha value is -3.20. The minimum Gasteiger partial charge on any atom is -0.488 e. The van der Waals surface area contributed by atoms with Crippen LogP contribution in [0, 0.1) is 6.92 Å². The summed E-state index contributed by atoms with van der Waals surface area (Å²) in [5.74, 6) is 2.21. The molecule has 2 saturated heterocycles. The van der Waals surface area contributed by atoms with Crippen LogP contribution >= 0.6 is 0 Å². The molecule has 31 heavy (non-hydrogen) atoms. The fraction of sp³-hybridized carbons (Fsp3) is 0.455. The Bertz CT molecular complexity index is 1060. The number of ether oxygens (including phenoxy) is 2. The molecule has 9 nitrogen and oxygen atoms in total. The van der Waals surface area contributed by atoms with Gasteiger partial charge in [0.2, 0.25) is 5.76 Å². The highest BCUT2D eigenvalue weighted by molar-refractivity contribution is 5.92. The number of para-hydroxylation sites is 1. The molecule has 2 fully saturated rings. The van der Waals surface area contributed by atoms with Crippen molar-refractivity contribution in [1.29, 1.82) is 0 Å². The van der Waals surface area contributed by atoms with Gasteiger partial charge in [0.1, 0.15) is 11.9 Å². The minimum absolute atomic E-state index is 0.133. The van der Waals surface area contributed by atoms with Crippen LogP contribution in [0.4, 0.5) is 0 Å². The van der Waals surface area contributed by atoms with Gasteiger partial charge in [0.05, 0.1) is 17.8 Å². The van der Waals surface area contributed by atoms with Crippen molar-refractivity contribution < 1.29 is 23.2 Å². The molecule has 0 bridgehead atoms. The average Bonchev–Trinajstić information content (AvgIpc) is 3.55. The summed E-state index contributed by atoms with van der Waals surface area (Å²) in [6.45, 7) is 4.28. The first-order valence-electron chi connectivity index (χ1n) is 10.6. The molecule has 162 valence electrons. The zero-order valence-electron chi connectivity index (χ0n) is 17.3. The van der Waals surface area contributed by atoms with Crippen molar-refractivity contribution >= 4 is 5.91 Å². The Kier molecular flexibility index (Phi) is 5.42. The lowest BCUT2D eigenvalue weighted by Crippen LogP contribution is -2.31. The molecule has 4 heterocycles. The first-order chi connectivity index (χ1) is 15.2. The zero-order valence-corrected chi connectivity index (χ0v) is 17.3. The number of aromatic nitrogens is 3. The van der Waals surface area contributed by atoms with Gasteiger partial charge in [-0.05, 0) is 31.9 Å². The van der Waals surface area contributed by atoms with Crippen LogP contribution in [-0.4, -0.2) is 58.3 Å². The van der Waals surface area contributed by atoms with Gasteiger partial charge < -0.3 is 23.3 Å². The summed E-state index contributed by atoms with van der Waals surface area (Å²) in [4.78, 5) is 23.0. The number of rotatable bonds is 5. The molecule has 1 unspecified atom stereocenters. The normalized spacial score (nSPS) is 19.6. The monoisotopic (exact) mass is 424 g/mol. The van der Waals surface area contributed by atoms with Crippen LogP contribution in [0.25, 0.3) is 11.5 Å². The van der Waals surface area contributed by atoms with Crippen molar-refractivity contribution in [3.05, 3.63) is 47.9 Å². The van der Waals surface area contributed by atoms with Gasteiger partial charge in [-0.15, -0.1) is 0 Å². The quantitative estimate of drug-likeness (QED) is 0.615. The van der Waals surface area contributed by atoms with Gasteiger partial charge in [0, 0.05) is 32.1 Å². The predicted molar refractivity (Wildman–Crippen MR) is 109 cm³/mol. The molecule has 3 aromatic rings. The fourth-order valence-electron chi connectivity index (χ4n) is 4.05. The van der Waals surface area contributed by atoms with E-state index in [4.69, 9.17) is 18.4 Å². The first-order valence-corrected chi connectivity index (χ1v) is 10.6. The van der Waals surface area contributed by atoms with Crippen LogP contribution in [-0.2, 0) is 4.74 Å². The Morgan fingerprint density at radius 1 is 1.19 bits per heavy atom. The molecule has 0 N–H and O–H groups in total. The Labute approximate surface area is 179 Å². The Balaban J connectivity index is 1.29. The number of oxazole rings is 1. The standard InChI is InChI=1S/C22H24N4O5/c1-14-19(29-13-23-14)22(27)26-9-6-16(12-26)30-18-5-3-2-4-17(18)21-24-20(25-31-21)15-7-10-28-11-8-15/h2-5,13,15-16H,6-12H2,1H3. The highest BCUT2D eigenvalue weighted by Crippen LogP contribution is 2.33. The smallest absolute Gasteiger partial charge is 0.291 e. The number of carbonyl (C=O) groups is 1. The first kappa shape index (κ1) is 19.7. The third-order valence-corrected chi connectivity index (χ3v) is 5.81. The summed E-state index contributed by atoms with van der Waals surface area (Å²) in [5, 5.41) is 4.19. The van der Waals surface area contributed by atoms with Crippen molar-refractivity contribution in [2.75, 3.05) is 26.3 Å². The maximum atomic E-state index is 12.7. The van der Waals surface area contributed by atoms with E-state index >= 15 is 0 Å². The summed E-state index contributed by atoms with van der Waals surface area (Å²) in [5.41, 5.74) is 1.35. The number of amides is 1. The van der Waals surface area contributed by atoms with Crippen LogP contribution in [0.5, 0.6) is 5.75 Å². The van der Waals surface area contributed by atoms with E-state index in [0.29, 0.717) is 36.2 Å². The second-order valence-corrected chi connectivity index (χ2v) is 7.89. The van der Waals surface area contributed by atoms with Crippen molar-refractivity contribution in [2.45, 2.75) is 38.2 Å². The molecule has 2 aliphatic rings. The van der Waals surface area contributed by atoms with Crippen molar-refractivity contribution in [3.63, 3.8) is 0 Å². The number of likely N-dealkylation sites (tertiary alicyclic amines) is 1. The Morgan fingerprint density at radius 2 is 2.03 bits per heavy atom. The van der Waals surface area contributed by atoms with Crippen LogP contribution in [0.15, 0.2) is 39.6 Å². The second-order valence-electron chi connectivity index (χ2n) is 7.89. The van der Waals surface area contributed by atoms with E-state index in [1.165, 1.54) is 6.39 Å². The van der Waals surface area contributed by atoms with Gasteiger partial charge >= 0.3 is 0 Å². The molecule has 0 radical (unpaired) electrons. The van der Waals surface area contributed by atoms with Gasteiger partial charge in [0.15, 0.2) is 12.2 Å². The molecule has 9 heteroatoms. The summed E-state index contributed by atoms with van der Waals surface area (Å²) in [7, 11) is 0. The second kappa shape index (κ2) is 8.50. The highest BCUT2D eigenvalue weighted by Gasteiger charge is 2.31. The number of benzene rings is 1. The summed E-state index contributed by atoms with van der Waals surface area (Å²) in [6.07, 6.45) is 3.68. The third kappa shape index (κ3) is 4.05. The largest absolute Gasteiger partial charge is 0.488 e. The molecular formula is C22H24N4O5. The average molecular weight is 424 g/mol. The maximum Gasteiger partial charge on any atom is 0.291 e. The topological polar surface area (TPSA) is 104 Å². The third-order valence-electron chi connectivity index (χ3n) is 5.81. The fourth-order valence-corrected chi connectivity index (χ4v) is 4.05. The molecule has 2 aromatic heterocycles. The molecule has 2 aliphatic heterocycles. The van der Waals surface area contributed by atoms with Crippen molar-refractivity contribution in [2.24, 2.45) is 0 Å². The van der Waals surface area contributed by atoms with Crippen molar-refractivity contribution in [3.8, 4) is 17.2 Å². The molecule has 5 rings (SSSR count). The minimum atomic E-state index is -0.160. The van der Waals surface area contributed by atoms with E-state index < -0.39 is 0 Å². The molecular weight excluding hydrogens is 400 g/mol.